The van der Waals surface area contributed by atoms with E-state index in [1.165, 1.54) is 10.9 Å². The van der Waals surface area contributed by atoms with Gasteiger partial charge in [0, 0.05) is 36.2 Å². The predicted octanol–water partition coefficient (Wildman–Crippen LogP) is 2.93. The molecule has 0 aliphatic carbocycles. The third-order valence-electron chi connectivity index (χ3n) is 3.63. The lowest BCUT2D eigenvalue weighted by Gasteiger charge is -2.08. The first kappa shape index (κ1) is 14.2. The molecule has 1 unspecified atom stereocenters. The van der Waals surface area contributed by atoms with Crippen molar-refractivity contribution in [3.8, 4) is 0 Å². The zero-order valence-corrected chi connectivity index (χ0v) is 13.2. The van der Waals surface area contributed by atoms with E-state index < -0.39 is 0 Å². The van der Waals surface area contributed by atoms with Crippen LogP contribution >= 0.6 is 11.3 Å². The predicted molar refractivity (Wildman–Crippen MR) is 87.6 cm³/mol. The van der Waals surface area contributed by atoms with Gasteiger partial charge in [-0.25, -0.2) is 4.98 Å². The average molecular weight is 300 g/mol. The summed E-state index contributed by atoms with van der Waals surface area (Å²) in [6, 6.07) is 8.41. The van der Waals surface area contributed by atoms with Crippen LogP contribution < -0.4 is 5.73 Å². The highest BCUT2D eigenvalue weighted by Crippen LogP contribution is 2.20. The molecule has 21 heavy (non-hydrogen) atoms. The zero-order valence-electron chi connectivity index (χ0n) is 12.4. The number of aryl methyl sites for hydroxylation is 2. The molecule has 0 saturated carbocycles. The molecule has 0 radical (unpaired) electrons. The van der Waals surface area contributed by atoms with E-state index in [1.54, 1.807) is 11.3 Å². The number of fused-ring (bicyclic) bond motifs is 1. The van der Waals surface area contributed by atoms with Crippen LogP contribution in [-0.2, 0) is 19.4 Å². The maximum absolute atomic E-state index is 6.30. The molecule has 0 amide bonds. The Balaban J connectivity index is 1.81. The number of para-hydroxylation sites is 1. The molecule has 0 aliphatic heterocycles. The van der Waals surface area contributed by atoms with E-state index in [0.29, 0.717) is 0 Å². The Bertz CT molecular complexity index is 744. The lowest BCUT2D eigenvalue weighted by Crippen LogP contribution is -2.26. The van der Waals surface area contributed by atoms with Crippen LogP contribution in [0, 0.1) is 6.92 Å². The summed E-state index contributed by atoms with van der Waals surface area (Å²) >= 11 is 1.68. The van der Waals surface area contributed by atoms with Gasteiger partial charge in [0.05, 0.1) is 21.9 Å². The van der Waals surface area contributed by atoms with Crippen molar-refractivity contribution in [2.75, 3.05) is 0 Å². The summed E-state index contributed by atoms with van der Waals surface area (Å²) in [6.45, 7) is 5.01. The summed E-state index contributed by atoms with van der Waals surface area (Å²) in [5.74, 6) is 0. The monoisotopic (exact) mass is 300 g/mol. The first-order valence-electron chi connectivity index (χ1n) is 7.28. The maximum Gasteiger partial charge on any atom is 0.0897 e. The second-order valence-corrected chi connectivity index (χ2v) is 6.37. The topological polar surface area (TPSA) is 56.7 Å². The van der Waals surface area contributed by atoms with E-state index in [4.69, 9.17) is 10.8 Å². The van der Waals surface area contributed by atoms with Crippen LogP contribution in [0.15, 0.2) is 29.6 Å². The van der Waals surface area contributed by atoms with E-state index in [9.17, 15) is 0 Å². The minimum absolute atomic E-state index is 0.0510. The Kier molecular flexibility index (Phi) is 4.03. The molecule has 110 valence electrons. The molecule has 0 fully saturated rings. The van der Waals surface area contributed by atoms with Gasteiger partial charge < -0.3 is 5.73 Å². The number of nitrogens with two attached hydrogens (primary N) is 1. The Labute approximate surface area is 128 Å². The molecule has 2 heterocycles. The number of benzene rings is 1. The van der Waals surface area contributed by atoms with Crippen LogP contribution in [0.2, 0.25) is 0 Å². The van der Waals surface area contributed by atoms with Crippen LogP contribution in [0.1, 0.15) is 23.3 Å². The van der Waals surface area contributed by atoms with E-state index in [2.05, 4.69) is 41.6 Å². The van der Waals surface area contributed by atoms with Gasteiger partial charge >= 0.3 is 0 Å². The number of aromatic nitrogens is 3. The van der Waals surface area contributed by atoms with Crippen molar-refractivity contribution < 1.29 is 0 Å². The smallest absolute Gasteiger partial charge is 0.0897 e. The van der Waals surface area contributed by atoms with Crippen LogP contribution in [0.4, 0.5) is 0 Å². The SMILES string of the molecule is CCn1nc(CC(N)Cc2csc(C)n2)c2ccccc21. The molecule has 3 rings (SSSR count). The van der Waals surface area contributed by atoms with Crippen LogP contribution in [0.3, 0.4) is 0 Å². The highest BCUT2D eigenvalue weighted by Gasteiger charge is 2.14. The second kappa shape index (κ2) is 5.95. The third kappa shape index (κ3) is 2.99. The van der Waals surface area contributed by atoms with Crippen molar-refractivity contribution in [2.24, 2.45) is 5.73 Å². The lowest BCUT2D eigenvalue weighted by molar-refractivity contribution is 0.617. The summed E-state index contributed by atoms with van der Waals surface area (Å²) in [4.78, 5) is 4.49. The van der Waals surface area contributed by atoms with Gasteiger partial charge in [-0.2, -0.15) is 5.10 Å². The van der Waals surface area contributed by atoms with E-state index in [1.807, 2.05) is 11.6 Å². The van der Waals surface area contributed by atoms with Gasteiger partial charge in [-0.1, -0.05) is 18.2 Å². The molecule has 0 spiro atoms. The molecule has 0 bridgehead atoms. The molecule has 2 aromatic heterocycles. The van der Waals surface area contributed by atoms with E-state index >= 15 is 0 Å². The normalized spacial score (nSPS) is 12.9. The molecule has 2 N–H and O–H groups in total. The highest BCUT2D eigenvalue weighted by atomic mass is 32.1. The van der Waals surface area contributed by atoms with Crippen molar-refractivity contribution in [3.63, 3.8) is 0 Å². The quantitative estimate of drug-likeness (QED) is 0.788. The summed E-state index contributed by atoms with van der Waals surface area (Å²) in [7, 11) is 0. The fourth-order valence-corrected chi connectivity index (χ4v) is 3.30. The highest BCUT2D eigenvalue weighted by molar-refractivity contribution is 7.09. The van der Waals surface area contributed by atoms with Gasteiger partial charge in [0.25, 0.3) is 0 Å². The fraction of sp³-hybridized carbons (Fsp3) is 0.375. The van der Waals surface area contributed by atoms with Gasteiger partial charge in [0.2, 0.25) is 0 Å². The molecular formula is C16H20N4S. The number of hydrogen-bond donors (Lipinski definition) is 1. The minimum Gasteiger partial charge on any atom is -0.327 e. The van der Waals surface area contributed by atoms with Gasteiger partial charge in [-0.15, -0.1) is 11.3 Å². The number of hydrogen-bond acceptors (Lipinski definition) is 4. The molecule has 5 heteroatoms. The second-order valence-electron chi connectivity index (χ2n) is 5.31. The van der Waals surface area contributed by atoms with Gasteiger partial charge in [0.15, 0.2) is 0 Å². The fourth-order valence-electron chi connectivity index (χ4n) is 2.68. The summed E-state index contributed by atoms with van der Waals surface area (Å²) < 4.78 is 2.05. The van der Waals surface area contributed by atoms with Gasteiger partial charge in [-0.05, 0) is 19.9 Å². The Morgan fingerprint density at radius 1 is 1.29 bits per heavy atom. The minimum atomic E-state index is 0.0510. The molecule has 3 aromatic rings. The number of thiazole rings is 1. The summed E-state index contributed by atoms with van der Waals surface area (Å²) in [6.07, 6.45) is 1.59. The molecule has 0 saturated heterocycles. The van der Waals surface area contributed by atoms with Gasteiger partial charge in [-0.3, -0.25) is 4.68 Å². The third-order valence-corrected chi connectivity index (χ3v) is 4.45. The Morgan fingerprint density at radius 3 is 2.81 bits per heavy atom. The maximum atomic E-state index is 6.30. The molecule has 4 nitrogen and oxygen atoms in total. The Morgan fingerprint density at radius 2 is 2.10 bits per heavy atom. The number of rotatable bonds is 5. The van der Waals surface area contributed by atoms with E-state index in [0.717, 1.165) is 35.8 Å². The standard InChI is InChI=1S/C16H20N4S/c1-3-20-16-7-5-4-6-14(16)15(19-20)9-12(17)8-13-10-21-11(2)18-13/h4-7,10,12H,3,8-9,17H2,1-2H3. The molecule has 0 aliphatic rings. The first-order chi connectivity index (χ1) is 10.2. The van der Waals surface area contributed by atoms with Crippen molar-refractivity contribution in [1.29, 1.82) is 0 Å². The van der Waals surface area contributed by atoms with Crippen molar-refractivity contribution in [1.82, 2.24) is 14.8 Å². The van der Waals surface area contributed by atoms with E-state index in [-0.39, 0.29) is 6.04 Å². The largest absolute Gasteiger partial charge is 0.327 e. The molecule has 1 atom stereocenters. The lowest BCUT2D eigenvalue weighted by atomic mass is 10.0. The first-order valence-corrected chi connectivity index (χ1v) is 8.16. The van der Waals surface area contributed by atoms with Crippen LogP contribution in [0.25, 0.3) is 10.9 Å². The average Bonchev–Trinajstić information content (AvgIpc) is 3.03. The zero-order chi connectivity index (χ0) is 14.8. The van der Waals surface area contributed by atoms with Gasteiger partial charge in [0.1, 0.15) is 0 Å². The Hall–Kier alpha value is -1.72. The molecular weight excluding hydrogens is 280 g/mol. The summed E-state index contributed by atoms with van der Waals surface area (Å²) in [5, 5.41) is 9.12. The van der Waals surface area contributed by atoms with Crippen molar-refractivity contribution >= 4 is 22.2 Å². The van der Waals surface area contributed by atoms with Crippen LogP contribution in [-0.4, -0.2) is 20.8 Å². The van der Waals surface area contributed by atoms with Crippen molar-refractivity contribution in [2.45, 2.75) is 39.3 Å². The van der Waals surface area contributed by atoms with Crippen LogP contribution in [0.5, 0.6) is 0 Å². The molecule has 1 aromatic carbocycles. The van der Waals surface area contributed by atoms with Crippen molar-refractivity contribution in [3.05, 3.63) is 46.0 Å². The summed E-state index contributed by atoms with van der Waals surface area (Å²) in [5.41, 5.74) is 9.67. The number of nitrogens with zero attached hydrogens (tertiary/aromatic N) is 3.